The molecule has 1 aliphatic carbocycles. The molecule has 3 aliphatic rings. The fourth-order valence-electron chi connectivity index (χ4n) is 4.81. The highest BCUT2D eigenvalue weighted by molar-refractivity contribution is 5.78. The Morgan fingerprint density at radius 2 is 1.75 bits per heavy atom. The summed E-state index contributed by atoms with van der Waals surface area (Å²) >= 11 is 0. The van der Waals surface area contributed by atoms with Gasteiger partial charge >= 0.3 is 0 Å². The molecule has 2 saturated heterocycles. The molecular formula is C19H35N3O2. The first-order chi connectivity index (χ1) is 11.5. The molecule has 0 aromatic heterocycles. The zero-order valence-electron chi connectivity index (χ0n) is 15.5. The molecule has 5 heteroatoms. The minimum atomic E-state index is -0.000758. The van der Waals surface area contributed by atoms with Crippen LogP contribution in [0.2, 0.25) is 0 Å². The van der Waals surface area contributed by atoms with Crippen molar-refractivity contribution >= 4 is 5.91 Å². The van der Waals surface area contributed by atoms with Crippen LogP contribution in [0.15, 0.2) is 0 Å². The van der Waals surface area contributed by atoms with Gasteiger partial charge in [0, 0.05) is 31.0 Å². The monoisotopic (exact) mass is 337 g/mol. The van der Waals surface area contributed by atoms with E-state index in [2.05, 4.69) is 16.8 Å². The Labute approximate surface area is 147 Å². The predicted octanol–water partition coefficient (Wildman–Crippen LogP) is 1.41. The fraction of sp³-hybridized carbons (Fsp3) is 0.947. The molecule has 1 saturated carbocycles. The Kier molecular flexibility index (Phi) is 5.83. The lowest BCUT2D eigenvalue weighted by molar-refractivity contribution is -0.139. The van der Waals surface area contributed by atoms with Crippen LogP contribution in [-0.4, -0.2) is 85.2 Å². The van der Waals surface area contributed by atoms with Gasteiger partial charge in [-0.15, -0.1) is 0 Å². The Morgan fingerprint density at radius 1 is 1.12 bits per heavy atom. The lowest BCUT2D eigenvalue weighted by Crippen LogP contribution is -2.50. The van der Waals surface area contributed by atoms with Crippen molar-refractivity contribution in [1.29, 1.82) is 0 Å². The van der Waals surface area contributed by atoms with E-state index in [1.807, 2.05) is 11.9 Å². The van der Waals surface area contributed by atoms with Crippen molar-refractivity contribution in [3.05, 3.63) is 0 Å². The summed E-state index contributed by atoms with van der Waals surface area (Å²) in [6.45, 7) is 5.51. The van der Waals surface area contributed by atoms with Crippen molar-refractivity contribution in [3.63, 3.8) is 0 Å². The lowest BCUT2D eigenvalue weighted by Gasteiger charge is -2.44. The van der Waals surface area contributed by atoms with E-state index in [-0.39, 0.29) is 17.9 Å². The number of piperidine rings is 2. The van der Waals surface area contributed by atoms with Gasteiger partial charge in [0.15, 0.2) is 0 Å². The summed E-state index contributed by atoms with van der Waals surface area (Å²) < 4.78 is 0. The van der Waals surface area contributed by atoms with Crippen molar-refractivity contribution in [2.75, 3.05) is 53.4 Å². The maximum absolute atomic E-state index is 12.8. The quantitative estimate of drug-likeness (QED) is 0.824. The minimum absolute atomic E-state index is 0.000758. The molecule has 1 amide bonds. The largest absolute Gasteiger partial charge is 0.396 e. The summed E-state index contributed by atoms with van der Waals surface area (Å²) in [6.07, 6.45) is 7.87. The second-order valence-corrected chi connectivity index (χ2v) is 8.55. The van der Waals surface area contributed by atoms with Crippen molar-refractivity contribution in [2.24, 2.45) is 11.3 Å². The normalized spacial score (nSPS) is 27.0. The van der Waals surface area contributed by atoms with Crippen molar-refractivity contribution in [1.82, 2.24) is 14.7 Å². The highest BCUT2D eigenvalue weighted by atomic mass is 16.3. The maximum atomic E-state index is 12.8. The highest BCUT2D eigenvalue weighted by Crippen LogP contribution is 2.41. The number of likely N-dealkylation sites (tertiary alicyclic amines) is 2. The van der Waals surface area contributed by atoms with Crippen LogP contribution in [0.1, 0.15) is 44.9 Å². The first kappa shape index (κ1) is 18.2. The Hall–Kier alpha value is -0.650. The fourth-order valence-corrected chi connectivity index (χ4v) is 4.81. The summed E-state index contributed by atoms with van der Waals surface area (Å²) in [5.41, 5.74) is -0.000758. The molecule has 2 aliphatic heterocycles. The van der Waals surface area contributed by atoms with Crippen LogP contribution in [0.25, 0.3) is 0 Å². The van der Waals surface area contributed by atoms with Gasteiger partial charge in [-0.25, -0.2) is 0 Å². The Morgan fingerprint density at radius 3 is 2.25 bits per heavy atom. The molecule has 0 unspecified atom stereocenters. The van der Waals surface area contributed by atoms with Crippen molar-refractivity contribution < 1.29 is 9.90 Å². The smallest absolute Gasteiger partial charge is 0.225 e. The summed E-state index contributed by atoms with van der Waals surface area (Å²) in [7, 11) is 4.14. The van der Waals surface area contributed by atoms with E-state index >= 15 is 0 Å². The number of aliphatic hydroxyl groups is 1. The molecule has 138 valence electrons. The van der Waals surface area contributed by atoms with Gasteiger partial charge in [-0.05, 0) is 71.8 Å². The summed E-state index contributed by atoms with van der Waals surface area (Å²) in [6, 6.07) is 0.725. The van der Waals surface area contributed by atoms with E-state index in [1.165, 1.54) is 32.4 Å². The summed E-state index contributed by atoms with van der Waals surface area (Å²) in [5.74, 6) is 0.492. The number of hydrogen-bond donors (Lipinski definition) is 1. The van der Waals surface area contributed by atoms with Crippen molar-refractivity contribution in [2.45, 2.75) is 51.0 Å². The molecule has 3 rings (SSSR count). The molecule has 1 N–H and O–H groups in total. The van der Waals surface area contributed by atoms with Crippen LogP contribution in [0.3, 0.4) is 0 Å². The van der Waals surface area contributed by atoms with E-state index in [9.17, 15) is 9.90 Å². The molecule has 0 aromatic rings. The van der Waals surface area contributed by atoms with Crippen LogP contribution in [0.5, 0.6) is 0 Å². The molecule has 0 aromatic carbocycles. The molecule has 0 radical (unpaired) electrons. The summed E-state index contributed by atoms with van der Waals surface area (Å²) in [4.78, 5) is 19.7. The minimum Gasteiger partial charge on any atom is -0.396 e. The lowest BCUT2D eigenvalue weighted by atomic mass is 9.69. The van der Waals surface area contributed by atoms with Crippen LogP contribution in [-0.2, 0) is 4.79 Å². The topological polar surface area (TPSA) is 47.0 Å². The van der Waals surface area contributed by atoms with Crippen LogP contribution in [0, 0.1) is 11.3 Å². The standard InChI is InChI=1S/C19H35N3O2/c1-20-10-6-17(7-11-20)22-12-4-16(5-13-22)18(24)21(2)14-19(15-23)8-3-9-19/h16-17,23H,3-15H2,1-2H3. The molecule has 24 heavy (non-hydrogen) atoms. The third-order valence-electron chi connectivity index (χ3n) is 6.78. The third kappa shape index (κ3) is 3.94. The van der Waals surface area contributed by atoms with Crippen LogP contribution >= 0.6 is 0 Å². The van der Waals surface area contributed by atoms with E-state index < -0.39 is 0 Å². The predicted molar refractivity (Wildman–Crippen MR) is 95.8 cm³/mol. The van der Waals surface area contributed by atoms with Gasteiger partial charge in [0.2, 0.25) is 5.91 Å². The van der Waals surface area contributed by atoms with Gasteiger partial charge in [-0.1, -0.05) is 6.42 Å². The number of nitrogens with zero attached hydrogens (tertiary/aromatic N) is 3. The van der Waals surface area contributed by atoms with E-state index in [1.54, 1.807) is 0 Å². The van der Waals surface area contributed by atoms with Gasteiger partial charge in [0.1, 0.15) is 0 Å². The first-order valence-electron chi connectivity index (χ1n) is 9.81. The second-order valence-electron chi connectivity index (χ2n) is 8.55. The molecule has 0 atom stereocenters. The Balaban J connectivity index is 1.44. The van der Waals surface area contributed by atoms with Gasteiger partial charge in [-0.2, -0.15) is 0 Å². The number of rotatable bonds is 5. The molecule has 0 spiro atoms. The zero-order chi connectivity index (χ0) is 17.2. The van der Waals surface area contributed by atoms with Crippen LogP contribution in [0.4, 0.5) is 0 Å². The second kappa shape index (κ2) is 7.71. The van der Waals surface area contributed by atoms with E-state index in [0.717, 1.165) is 51.4 Å². The molecule has 0 bridgehead atoms. The number of aliphatic hydroxyl groups excluding tert-OH is 1. The number of hydrogen-bond acceptors (Lipinski definition) is 4. The summed E-state index contributed by atoms with van der Waals surface area (Å²) in [5, 5.41) is 9.63. The number of amides is 1. The van der Waals surface area contributed by atoms with Gasteiger partial charge in [0.25, 0.3) is 0 Å². The third-order valence-corrected chi connectivity index (χ3v) is 6.78. The number of carbonyl (C=O) groups is 1. The molecule has 2 heterocycles. The van der Waals surface area contributed by atoms with Crippen LogP contribution < -0.4 is 0 Å². The zero-order valence-corrected chi connectivity index (χ0v) is 15.5. The average molecular weight is 338 g/mol. The van der Waals surface area contributed by atoms with Gasteiger partial charge in [-0.3, -0.25) is 4.79 Å². The maximum Gasteiger partial charge on any atom is 0.225 e. The molecule has 3 fully saturated rings. The van der Waals surface area contributed by atoms with Crippen molar-refractivity contribution in [3.8, 4) is 0 Å². The SMILES string of the molecule is CN1CCC(N2CCC(C(=O)N(C)CC3(CO)CCC3)CC2)CC1. The van der Waals surface area contributed by atoms with E-state index in [0.29, 0.717) is 5.91 Å². The number of carbonyl (C=O) groups excluding carboxylic acids is 1. The Bertz CT molecular complexity index is 417. The van der Waals surface area contributed by atoms with Gasteiger partial charge in [0.05, 0.1) is 6.61 Å². The average Bonchev–Trinajstić information content (AvgIpc) is 2.58. The van der Waals surface area contributed by atoms with E-state index in [4.69, 9.17) is 0 Å². The van der Waals surface area contributed by atoms with Gasteiger partial charge < -0.3 is 19.8 Å². The molecule has 5 nitrogen and oxygen atoms in total. The molecular weight excluding hydrogens is 302 g/mol. The highest BCUT2D eigenvalue weighted by Gasteiger charge is 2.39. The first-order valence-corrected chi connectivity index (χ1v) is 9.81.